The predicted molar refractivity (Wildman–Crippen MR) is 94.9 cm³/mol. The summed E-state index contributed by atoms with van der Waals surface area (Å²) < 4.78 is 54.0. The van der Waals surface area contributed by atoms with Crippen molar-refractivity contribution >= 4 is 12.4 Å². The number of pyridine rings is 1. The fourth-order valence-electron chi connectivity index (χ4n) is 3.76. The van der Waals surface area contributed by atoms with Gasteiger partial charge in [0, 0.05) is 16.6 Å². The SMILES string of the molecule is Cc1cc(C(F)(F)F)cc(O)c1-c1ccc2c(n1)=N/[N+](=C/C1CC(C)(F)C1)C=2. The van der Waals surface area contributed by atoms with Gasteiger partial charge < -0.3 is 5.11 Å². The van der Waals surface area contributed by atoms with E-state index in [9.17, 15) is 22.7 Å². The van der Waals surface area contributed by atoms with Gasteiger partial charge in [-0.1, -0.05) is 4.68 Å². The lowest BCUT2D eigenvalue weighted by Gasteiger charge is -2.34. The number of hydrogen-bond donors (Lipinski definition) is 1. The number of phenolic OH excluding ortho intramolecular Hbond substituents is 1. The van der Waals surface area contributed by atoms with E-state index in [1.807, 2.05) is 6.21 Å². The molecule has 146 valence electrons. The van der Waals surface area contributed by atoms with Crippen LogP contribution in [0.25, 0.3) is 17.5 Å². The number of fused-ring (bicyclic) bond motifs is 1. The average molecular weight is 392 g/mol. The summed E-state index contributed by atoms with van der Waals surface area (Å²) in [5, 5.41) is 15.3. The van der Waals surface area contributed by atoms with E-state index in [0.29, 0.717) is 30.1 Å². The Balaban J connectivity index is 1.69. The minimum absolute atomic E-state index is 0.102. The van der Waals surface area contributed by atoms with Gasteiger partial charge in [0.25, 0.3) is 0 Å². The summed E-state index contributed by atoms with van der Waals surface area (Å²) in [7, 11) is 0. The molecule has 0 spiro atoms. The Morgan fingerprint density at radius 3 is 2.57 bits per heavy atom. The van der Waals surface area contributed by atoms with E-state index in [0.717, 1.165) is 11.3 Å². The molecule has 2 aliphatic rings. The lowest BCUT2D eigenvalue weighted by molar-refractivity contribution is -0.425. The third-order valence-electron chi connectivity index (χ3n) is 5.02. The van der Waals surface area contributed by atoms with Gasteiger partial charge >= 0.3 is 6.18 Å². The molecule has 1 aromatic heterocycles. The maximum absolute atomic E-state index is 13.6. The Labute approximate surface area is 158 Å². The van der Waals surface area contributed by atoms with Crippen LogP contribution in [0.4, 0.5) is 17.6 Å². The molecule has 8 heteroatoms. The van der Waals surface area contributed by atoms with Crippen LogP contribution in [0.3, 0.4) is 0 Å². The van der Waals surface area contributed by atoms with E-state index in [1.54, 1.807) is 29.9 Å². The molecule has 0 amide bonds. The van der Waals surface area contributed by atoms with Crippen molar-refractivity contribution < 1.29 is 27.4 Å². The van der Waals surface area contributed by atoms with E-state index in [4.69, 9.17) is 0 Å². The van der Waals surface area contributed by atoms with Gasteiger partial charge in [-0.05, 0) is 56.5 Å². The van der Waals surface area contributed by atoms with Crippen molar-refractivity contribution in [3.8, 4) is 17.0 Å². The molecule has 1 aliphatic heterocycles. The number of phenols is 1. The van der Waals surface area contributed by atoms with Gasteiger partial charge in [-0.25, -0.2) is 9.37 Å². The molecule has 1 aromatic carbocycles. The Kier molecular flexibility index (Phi) is 4.06. The lowest BCUT2D eigenvalue weighted by Crippen LogP contribution is -2.38. The monoisotopic (exact) mass is 392 g/mol. The third kappa shape index (κ3) is 3.39. The van der Waals surface area contributed by atoms with Crippen molar-refractivity contribution in [3.63, 3.8) is 0 Å². The third-order valence-corrected chi connectivity index (χ3v) is 5.02. The molecular formula is C20H18F4N3O+. The molecule has 1 N–H and O–H groups in total. The van der Waals surface area contributed by atoms with Crippen LogP contribution in [0, 0.1) is 12.8 Å². The first kappa shape index (κ1) is 18.6. The summed E-state index contributed by atoms with van der Waals surface area (Å²) in [6, 6.07) is 5.06. The highest BCUT2D eigenvalue weighted by Crippen LogP contribution is 2.40. The number of hydrogen-bond acceptors (Lipinski definition) is 3. The Morgan fingerprint density at radius 2 is 1.96 bits per heavy atom. The fourth-order valence-corrected chi connectivity index (χ4v) is 3.76. The van der Waals surface area contributed by atoms with Crippen LogP contribution in [0.5, 0.6) is 5.75 Å². The fraction of sp³-hybridized carbons (Fsp3) is 0.350. The molecule has 2 aromatic rings. The van der Waals surface area contributed by atoms with Crippen LogP contribution in [0.1, 0.15) is 30.9 Å². The topological polar surface area (TPSA) is 48.5 Å². The molecule has 1 saturated carbocycles. The standard InChI is InChI=1S/C20H17F4N3O/c1-11-5-14(20(22,23)24)6-16(28)17(11)15-4-3-13-10-27(26-18(13)25-15)9-12-7-19(2,21)8-12/h3-6,9-10,12H,7-8H2,1-2H3/p+1/b27-9+. The Hall–Kier alpha value is -2.77. The van der Waals surface area contributed by atoms with Crippen LogP contribution in [-0.2, 0) is 6.18 Å². The van der Waals surface area contributed by atoms with Crippen molar-refractivity contribution in [2.45, 2.75) is 38.5 Å². The highest BCUT2D eigenvalue weighted by Gasteiger charge is 2.42. The number of alkyl halides is 4. The van der Waals surface area contributed by atoms with Crippen LogP contribution in [0.2, 0.25) is 0 Å². The second-order valence-electron chi connectivity index (χ2n) is 7.63. The van der Waals surface area contributed by atoms with Gasteiger partial charge in [0.1, 0.15) is 11.4 Å². The van der Waals surface area contributed by atoms with Gasteiger partial charge in [-0.3, -0.25) is 0 Å². The molecule has 0 bridgehead atoms. The molecule has 2 heterocycles. The first-order valence-electron chi connectivity index (χ1n) is 8.83. The molecule has 0 atom stereocenters. The van der Waals surface area contributed by atoms with Gasteiger partial charge in [-0.15, -0.1) is 0 Å². The van der Waals surface area contributed by atoms with Gasteiger partial charge in [0.15, 0.2) is 6.21 Å². The zero-order chi connectivity index (χ0) is 20.3. The molecule has 28 heavy (non-hydrogen) atoms. The maximum atomic E-state index is 13.6. The number of aryl methyl sites for hydroxylation is 1. The highest BCUT2D eigenvalue weighted by atomic mass is 19.4. The molecule has 1 fully saturated rings. The Morgan fingerprint density at radius 1 is 1.25 bits per heavy atom. The number of benzene rings is 1. The van der Waals surface area contributed by atoms with Crippen molar-refractivity contribution in [2.75, 3.05) is 0 Å². The summed E-state index contributed by atoms with van der Waals surface area (Å²) in [6.45, 7) is 3.07. The van der Waals surface area contributed by atoms with Crippen LogP contribution >= 0.6 is 0 Å². The van der Waals surface area contributed by atoms with Crippen LogP contribution in [0.15, 0.2) is 29.4 Å². The Bertz CT molecular complexity index is 1090. The van der Waals surface area contributed by atoms with E-state index in [-0.39, 0.29) is 17.0 Å². The number of aromatic nitrogens is 1. The van der Waals surface area contributed by atoms with Gasteiger partial charge in [-0.2, -0.15) is 13.2 Å². The molecule has 0 radical (unpaired) electrons. The van der Waals surface area contributed by atoms with Gasteiger partial charge in [0.2, 0.25) is 11.7 Å². The minimum atomic E-state index is -4.54. The largest absolute Gasteiger partial charge is 0.507 e. The first-order valence-corrected chi connectivity index (χ1v) is 8.83. The zero-order valence-electron chi connectivity index (χ0n) is 15.3. The van der Waals surface area contributed by atoms with Crippen molar-refractivity contribution in [1.82, 2.24) is 4.98 Å². The summed E-state index contributed by atoms with van der Waals surface area (Å²) in [5.41, 5.74) is -0.804. The number of halogens is 4. The van der Waals surface area contributed by atoms with E-state index < -0.39 is 23.2 Å². The first-order chi connectivity index (χ1) is 13.0. The van der Waals surface area contributed by atoms with Crippen molar-refractivity contribution in [2.24, 2.45) is 11.0 Å². The van der Waals surface area contributed by atoms with E-state index in [2.05, 4.69) is 10.1 Å². The number of nitrogens with zero attached hydrogens (tertiary/aromatic N) is 3. The van der Waals surface area contributed by atoms with Crippen LogP contribution in [-0.4, -0.2) is 26.7 Å². The smallest absolute Gasteiger partial charge is 0.416 e. The zero-order valence-corrected chi connectivity index (χ0v) is 15.3. The minimum Gasteiger partial charge on any atom is -0.507 e. The molecule has 4 rings (SSSR count). The molecule has 0 unspecified atom stereocenters. The average Bonchev–Trinajstić information content (AvgIpc) is 2.93. The molecule has 4 nitrogen and oxygen atoms in total. The summed E-state index contributed by atoms with van der Waals surface area (Å²) in [5.74, 6) is -0.383. The predicted octanol–water partition coefficient (Wildman–Crippen LogP) is 3.29. The molecular weight excluding hydrogens is 374 g/mol. The van der Waals surface area contributed by atoms with E-state index in [1.165, 1.54) is 6.92 Å². The highest BCUT2D eigenvalue weighted by molar-refractivity contribution is 5.71. The number of aromatic hydroxyl groups is 1. The normalized spacial score (nSPS) is 25.1. The van der Waals surface area contributed by atoms with E-state index >= 15 is 0 Å². The second-order valence-corrected chi connectivity index (χ2v) is 7.63. The summed E-state index contributed by atoms with van der Waals surface area (Å²) in [6.07, 6.45) is -0.0476. The lowest BCUT2D eigenvalue weighted by atomic mass is 9.74. The summed E-state index contributed by atoms with van der Waals surface area (Å²) in [4.78, 5) is 4.39. The quantitative estimate of drug-likeness (QED) is 0.630. The van der Waals surface area contributed by atoms with Crippen molar-refractivity contribution in [3.05, 3.63) is 46.1 Å². The maximum Gasteiger partial charge on any atom is 0.416 e. The molecule has 1 aliphatic carbocycles. The van der Waals surface area contributed by atoms with Crippen molar-refractivity contribution in [1.29, 1.82) is 0 Å². The van der Waals surface area contributed by atoms with Gasteiger partial charge in [0.05, 0.1) is 16.5 Å². The van der Waals surface area contributed by atoms with Crippen LogP contribution < -0.4 is 10.7 Å². The summed E-state index contributed by atoms with van der Waals surface area (Å²) >= 11 is 0. The molecule has 0 saturated heterocycles. The second kappa shape index (κ2) is 6.12. The number of rotatable bonds is 2.